The maximum absolute atomic E-state index is 5.62. The third-order valence-electron chi connectivity index (χ3n) is 2.08. The molecule has 2 heterocycles. The van der Waals surface area contributed by atoms with Crippen molar-refractivity contribution >= 4 is 122 Å². The number of rotatable bonds is 0. The van der Waals surface area contributed by atoms with Gasteiger partial charge in [0.25, 0.3) is 0 Å². The first-order valence-electron chi connectivity index (χ1n) is 6.00. The van der Waals surface area contributed by atoms with E-state index >= 15 is 0 Å². The smallest absolute Gasteiger partial charge is 0.250 e. The number of hydrogen-bond acceptors (Lipinski definition) is 9. The molecule has 18 heteroatoms. The van der Waals surface area contributed by atoms with E-state index in [0.717, 1.165) is 0 Å². The lowest BCUT2D eigenvalue weighted by molar-refractivity contribution is 0.789. The van der Waals surface area contributed by atoms with Crippen LogP contribution in [0.25, 0.3) is 0 Å². The van der Waals surface area contributed by atoms with Gasteiger partial charge in [-0.05, 0) is 0 Å². The van der Waals surface area contributed by atoms with Crippen molar-refractivity contribution in [2.24, 2.45) is 0 Å². The molecule has 0 spiro atoms. The summed E-state index contributed by atoms with van der Waals surface area (Å²) in [6.45, 7) is 0. The fraction of sp³-hybridized carbons (Fsp3) is 0.333. The Labute approximate surface area is 197 Å². The highest BCUT2D eigenvalue weighted by Gasteiger charge is 2.37. The molecule has 0 bridgehead atoms. The van der Waals surface area contributed by atoms with Crippen molar-refractivity contribution in [3.05, 3.63) is 17.5 Å². The summed E-state index contributed by atoms with van der Waals surface area (Å²) in [7, 11) is 0. The van der Waals surface area contributed by atoms with Gasteiger partial charge in [0.1, 0.15) is 0 Å². The van der Waals surface area contributed by atoms with E-state index in [4.69, 9.17) is 122 Å². The van der Waals surface area contributed by atoms with Gasteiger partial charge < -0.3 is 17.2 Å². The van der Waals surface area contributed by atoms with E-state index in [1.54, 1.807) is 0 Å². The summed E-state index contributed by atoms with van der Waals surface area (Å²) in [4.78, 5) is 21.6. The molecule has 0 aromatic carbocycles. The molecular weight excluding hydrogens is 553 g/mol. The zero-order valence-electron chi connectivity index (χ0n) is 12.3. The van der Waals surface area contributed by atoms with Crippen molar-refractivity contribution in [2.45, 2.75) is 11.4 Å². The fourth-order valence-corrected chi connectivity index (χ4v) is 1.94. The largest absolute Gasteiger partial charge is 0.368 e. The van der Waals surface area contributed by atoms with Crippen LogP contribution in [0.15, 0.2) is 0 Å². The first-order valence-corrected chi connectivity index (χ1v) is 9.40. The van der Waals surface area contributed by atoms with Crippen molar-refractivity contribution < 1.29 is 0 Å². The number of nitrogens with zero attached hydrogens (tertiary/aromatic N) is 6. The van der Waals surface area contributed by atoms with E-state index in [9.17, 15) is 0 Å². The summed E-state index contributed by atoms with van der Waals surface area (Å²) < 4.78 is -5.96. The predicted octanol–water partition coefficient (Wildman–Crippen LogP) is 3.97. The topological polar surface area (TPSA) is 155 Å². The third kappa shape index (κ3) is 8.51. The zero-order chi connectivity index (χ0) is 21.2. The van der Waals surface area contributed by atoms with Gasteiger partial charge >= 0.3 is 0 Å². The Morgan fingerprint density at radius 3 is 0.741 bits per heavy atom. The lowest BCUT2D eigenvalue weighted by Crippen LogP contribution is -2.21. The van der Waals surface area contributed by atoms with Crippen LogP contribution in [-0.4, -0.2) is 29.9 Å². The van der Waals surface area contributed by atoms with E-state index in [2.05, 4.69) is 29.9 Å². The Morgan fingerprint density at radius 2 is 0.593 bits per heavy atom. The van der Waals surface area contributed by atoms with E-state index in [-0.39, 0.29) is 35.3 Å². The van der Waals surface area contributed by atoms with Crippen molar-refractivity contribution in [1.29, 1.82) is 0 Å². The second-order valence-electron chi connectivity index (χ2n) is 4.21. The van der Waals surface area contributed by atoms with Crippen molar-refractivity contribution in [3.63, 3.8) is 0 Å². The number of nitrogens with two attached hydrogens (primary N) is 3. The number of aromatic nitrogens is 6. The zero-order valence-corrected chi connectivity index (χ0v) is 19.1. The molecule has 0 unspecified atom stereocenters. The molecular formula is C9H6Cl9N9. The molecule has 0 fully saturated rings. The van der Waals surface area contributed by atoms with E-state index in [0.29, 0.717) is 0 Å². The SMILES string of the molecule is ClC(Cl)(Cl)c1nc(C(Cl)(Cl)Cl)nc(C(Cl)(Cl)Cl)n1.Nc1nc(N)nc(N)n1. The lowest BCUT2D eigenvalue weighted by Gasteiger charge is -2.17. The number of anilines is 3. The molecule has 2 rings (SSSR count). The molecule has 0 saturated carbocycles. The van der Waals surface area contributed by atoms with Crippen LogP contribution in [0.4, 0.5) is 17.8 Å². The van der Waals surface area contributed by atoms with Gasteiger partial charge in [0, 0.05) is 0 Å². The number of nitrogen functional groups attached to an aromatic ring is 3. The summed E-state index contributed by atoms with van der Waals surface area (Å²) in [5.41, 5.74) is 15.4. The number of halogens is 9. The Kier molecular flexibility index (Phi) is 8.57. The Morgan fingerprint density at radius 1 is 0.407 bits per heavy atom. The van der Waals surface area contributed by atoms with Gasteiger partial charge in [-0.1, -0.05) is 104 Å². The van der Waals surface area contributed by atoms with Gasteiger partial charge in [-0.2, -0.15) is 15.0 Å². The first kappa shape index (κ1) is 25.1. The Balaban J connectivity index is 0.000000337. The number of alkyl halides is 9. The van der Waals surface area contributed by atoms with Gasteiger partial charge in [-0.15, -0.1) is 0 Å². The van der Waals surface area contributed by atoms with Crippen LogP contribution in [0.2, 0.25) is 0 Å². The molecule has 2 aromatic heterocycles. The summed E-state index contributed by atoms with van der Waals surface area (Å²) >= 11 is 50.6. The second kappa shape index (κ2) is 9.23. The predicted molar refractivity (Wildman–Crippen MR) is 111 cm³/mol. The van der Waals surface area contributed by atoms with Crippen LogP contribution < -0.4 is 17.2 Å². The van der Waals surface area contributed by atoms with Gasteiger partial charge in [-0.3, -0.25) is 0 Å². The van der Waals surface area contributed by atoms with Crippen molar-refractivity contribution in [3.8, 4) is 0 Å². The van der Waals surface area contributed by atoms with Crippen LogP contribution >= 0.6 is 104 Å². The molecule has 2 aromatic rings. The molecule has 0 aliphatic rings. The highest BCUT2D eigenvalue weighted by Crippen LogP contribution is 2.43. The molecule has 0 aliphatic carbocycles. The summed E-state index contributed by atoms with van der Waals surface area (Å²) in [5, 5.41) is 0. The highest BCUT2D eigenvalue weighted by atomic mass is 35.6. The third-order valence-corrected chi connectivity index (χ3v) is 3.60. The molecule has 0 atom stereocenters. The number of hydrogen-bond donors (Lipinski definition) is 3. The van der Waals surface area contributed by atoms with Crippen molar-refractivity contribution in [1.82, 2.24) is 29.9 Å². The monoisotopic (exact) mass is 555 g/mol. The Bertz CT molecular complexity index is 669. The summed E-state index contributed by atoms with van der Waals surface area (Å²) in [6.07, 6.45) is 0. The van der Waals surface area contributed by atoms with Gasteiger partial charge in [-0.25, -0.2) is 15.0 Å². The summed E-state index contributed by atoms with van der Waals surface area (Å²) in [6, 6.07) is 0. The summed E-state index contributed by atoms with van der Waals surface area (Å²) in [5.74, 6) is -0.861. The van der Waals surface area contributed by atoms with Crippen LogP contribution in [0.1, 0.15) is 17.5 Å². The normalized spacial score (nSPS) is 12.3. The molecule has 27 heavy (non-hydrogen) atoms. The average molecular weight is 559 g/mol. The molecule has 0 saturated heterocycles. The van der Waals surface area contributed by atoms with Gasteiger partial charge in [0.05, 0.1) is 0 Å². The second-order valence-corrected chi connectivity index (χ2v) is 11.1. The van der Waals surface area contributed by atoms with Crippen LogP contribution in [0.5, 0.6) is 0 Å². The fourth-order valence-electron chi connectivity index (χ4n) is 1.18. The Hall–Kier alpha value is 0.0300. The van der Waals surface area contributed by atoms with Crippen LogP contribution in [0, 0.1) is 0 Å². The van der Waals surface area contributed by atoms with Crippen molar-refractivity contribution in [2.75, 3.05) is 17.2 Å². The van der Waals surface area contributed by atoms with Crippen LogP contribution in [-0.2, 0) is 11.4 Å². The van der Waals surface area contributed by atoms with Crippen LogP contribution in [0.3, 0.4) is 0 Å². The first-order chi connectivity index (χ1) is 12.0. The minimum atomic E-state index is -1.99. The molecule has 0 aliphatic heterocycles. The van der Waals surface area contributed by atoms with E-state index < -0.39 is 11.4 Å². The molecule has 150 valence electrons. The molecule has 0 amide bonds. The highest BCUT2D eigenvalue weighted by molar-refractivity contribution is 6.68. The maximum Gasteiger partial charge on any atom is 0.250 e. The van der Waals surface area contributed by atoms with Gasteiger partial charge in [0.2, 0.25) is 29.2 Å². The van der Waals surface area contributed by atoms with E-state index in [1.165, 1.54) is 0 Å². The standard InChI is InChI=1S/C6Cl9N3.C3H6N6/c7-4(8,9)1-16-2(5(10,11)12)18-3(17-1)6(13,14)15;4-1-7-2(5)9-3(6)8-1/h;(H6,4,5,6,7,8,9). The van der Waals surface area contributed by atoms with E-state index in [1.807, 2.05) is 0 Å². The quantitative estimate of drug-likeness (QED) is 0.407. The lowest BCUT2D eigenvalue weighted by atomic mass is 10.5. The molecule has 0 radical (unpaired) electrons. The minimum Gasteiger partial charge on any atom is -0.368 e. The molecule has 6 N–H and O–H groups in total. The minimum absolute atomic E-state index is 0.0417. The van der Waals surface area contributed by atoms with Gasteiger partial charge in [0.15, 0.2) is 17.5 Å². The average Bonchev–Trinajstić information content (AvgIpc) is 2.43. The molecule has 9 nitrogen and oxygen atoms in total. The maximum atomic E-state index is 5.62.